The van der Waals surface area contributed by atoms with E-state index < -0.39 is 17.8 Å². The van der Waals surface area contributed by atoms with Crippen LogP contribution in [-0.2, 0) is 6.42 Å². The molecule has 8 heteroatoms. The van der Waals surface area contributed by atoms with Gasteiger partial charge in [-0.25, -0.2) is 0 Å². The van der Waals surface area contributed by atoms with Gasteiger partial charge < -0.3 is 40.9 Å². The minimum Gasteiger partial charge on any atom is -0.508 e. The molecule has 8 N–H and O–H groups in total. The summed E-state index contributed by atoms with van der Waals surface area (Å²) in [5, 5.41) is 82.4. The smallest absolute Gasteiger partial charge is 0.122 e. The minimum absolute atomic E-state index is 0.124. The topological polar surface area (TPSA) is 162 Å². The van der Waals surface area contributed by atoms with Crippen molar-refractivity contribution in [1.29, 1.82) is 0 Å². The predicted octanol–water partition coefficient (Wildman–Crippen LogP) is 5.25. The van der Waals surface area contributed by atoms with E-state index in [2.05, 4.69) is 0 Å². The van der Waals surface area contributed by atoms with Gasteiger partial charge in [0.05, 0.1) is 0 Å². The van der Waals surface area contributed by atoms with Gasteiger partial charge in [-0.1, -0.05) is 31.2 Å². The Balaban J connectivity index is 1.96. The van der Waals surface area contributed by atoms with E-state index in [1.54, 1.807) is 24.3 Å². The highest BCUT2D eigenvalue weighted by molar-refractivity contribution is 5.51. The molecule has 0 aliphatic heterocycles. The number of phenols is 8. The van der Waals surface area contributed by atoms with Gasteiger partial charge in [-0.05, 0) is 64.8 Å². The van der Waals surface area contributed by atoms with Gasteiger partial charge in [0.1, 0.15) is 46.0 Å². The van der Waals surface area contributed by atoms with Crippen molar-refractivity contribution in [3.63, 3.8) is 0 Å². The summed E-state index contributed by atoms with van der Waals surface area (Å²) in [6.45, 7) is 1.81. The van der Waals surface area contributed by atoms with Crippen LogP contribution in [0, 0.1) is 0 Å². The van der Waals surface area contributed by atoms with E-state index in [1.807, 2.05) is 6.92 Å². The van der Waals surface area contributed by atoms with Crippen molar-refractivity contribution in [2.75, 3.05) is 0 Å². The molecule has 0 heterocycles. The van der Waals surface area contributed by atoms with Gasteiger partial charge in [0.15, 0.2) is 0 Å². The van der Waals surface area contributed by atoms with Crippen LogP contribution >= 0.6 is 0 Å². The van der Waals surface area contributed by atoms with Crippen LogP contribution < -0.4 is 0 Å². The third-order valence-corrected chi connectivity index (χ3v) is 6.77. The molecule has 3 unspecified atom stereocenters. The lowest BCUT2D eigenvalue weighted by molar-refractivity contribution is 0.387. The Morgan fingerprint density at radius 2 is 0.892 bits per heavy atom. The summed E-state index contributed by atoms with van der Waals surface area (Å²) in [5.74, 6) is -3.18. The Labute approximate surface area is 213 Å². The monoisotopic (exact) mass is 504 g/mol. The molecule has 4 aromatic carbocycles. The molecule has 0 radical (unpaired) electrons. The van der Waals surface area contributed by atoms with E-state index in [1.165, 1.54) is 48.5 Å². The van der Waals surface area contributed by atoms with E-state index in [-0.39, 0.29) is 52.4 Å². The highest BCUT2D eigenvalue weighted by Crippen LogP contribution is 2.52. The number of aromatic hydroxyl groups is 8. The third-order valence-electron chi connectivity index (χ3n) is 6.77. The summed E-state index contributed by atoms with van der Waals surface area (Å²) in [6, 6.07) is 16.7. The van der Waals surface area contributed by atoms with Crippen molar-refractivity contribution >= 4 is 0 Å². The number of hydrogen-bond donors (Lipinski definition) is 8. The van der Waals surface area contributed by atoms with E-state index in [0.717, 1.165) is 0 Å². The molecule has 0 spiro atoms. The molecule has 4 rings (SSSR count). The molecular formula is C29H28O8. The minimum atomic E-state index is -0.667. The molecule has 4 aromatic rings. The van der Waals surface area contributed by atoms with E-state index in [0.29, 0.717) is 22.3 Å². The molecular weight excluding hydrogens is 476 g/mol. The quantitative estimate of drug-likeness (QED) is 0.169. The van der Waals surface area contributed by atoms with Crippen LogP contribution in [-0.4, -0.2) is 40.9 Å². The Morgan fingerprint density at radius 1 is 0.486 bits per heavy atom. The highest BCUT2D eigenvalue weighted by atomic mass is 16.3. The summed E-state index contributed by atoms with van der Waals surface area (Å²) < 4.78 is 0. The van der Waals surface area contributed by atoms with Gasteiger partial charge in [0.2, 0.25) is 0 Å². The van der Waals surface area contributed by atoms with Crippen LogP contribution in [0.5, 0.6) is 46.0 Å². The lowest BCUT2D eigenvalue weighted by Crippen LogP contribution is -2.20. The molecule has 37 heavy (non-hydrogen) atoms. The molecule has 0 aliphatic carbocycles. The number of hydrogen-bond acceptors (Lipinski definition) is 8. The van der Waals surface area contributed by atoms with Crippen LogP contribution in [0.2, 0.25) is 0 Å². The second-order valence-electron chi connectivity index (χ2n) is 9.17. The van der Waals surface area contributed by atoms with Gasteiger partial charge in [0.25, 0.3) is 0 Å². The molecule has 0 bridgehead atoms. The third kappa shape index (κ3) is 5.28. The standard InChI is InChI=1S/C29H28O8/c1-15(21-7-4-18(31)12-26(21)35)29(23-9-6-20(33)14-28(23)37)24(22-8-5-19(32)13-27(22)36)10-16-2-3-17(30)11-25(16)34/h2-9,11-15,24,29-37H,10H2,1H3. The maximum absolute atomic E-state index is 10.9. The summed E-state index contributed by atoms with van der Waals surface area (Å²) >= 11 is 0. The van der Waals surface area contributed by atoms with E-state index in [4.69, 9.17) is 0 Å². The SMILES string of the molecule is CC(c1ccc(O)cc1O)C(c1ccc(O)cc1O)C(Cc1ccc(O)cc1O)c1ccc(O)cc1O. The first-order valence-electron chi connectivity index (χ1n) is 11.6. The van der Waals surface area contributed by atoms with Crippen LogP contribution in [0.1, 0.15) is 46.9 Å². The molecule has 8 nitrogen and oxygen atoms in total. The van der Waals surface area contributed by atoms with Gasteiger partial charge in [-0.2, -0.15) is 0 Å². The lowest BCUT2D eigenvalue weighted by Gasteiger charge is -2.34. The van der Waals surface area contributed by atoms with Crippen molar-refractivity contribution in [2.24, 2.45) is 0 Å². The maximum atomic E-state index is 10.9. The van der Waals surface area contributed by atoms with Crippen molar-refractivity contribution < 1.29 is 40.9 Å². The van der Waals surface area contributed by atoms with E-state index in [9.17, 15) is 40.9 Å². The molecule has 0 aliphatic rings. The fourth-order valence-corrected chi connectivity index (χ4v) is 5.00. The van der Waals surface area contributed by atoms with Crippen molar-refractivity contribution in [3.05, 3.63) is 95.1 Å². The maximum Gasteiger partial charge on any atom is 0.122 e. The highest BCUT2D eigenvalue weighted by Gasteiger charge is 2.35. The number of rotatable bonds is 7. The molecule has 0 aromatic heterocycles. The Kier molecular flexibility index (Phi) is 6.93. The summed E-state index contributed by atoms with van der Waals surface area (Å²) in [4.78, 5) is 0. The largest absolute Gasteiger partial charge is 0.508 e. The molecule has 0 amide bonds. The zero-order valence-electron chi connectivity index (χ0n) is 19.9. The molecule has 192 valence electrons. The van der Waals surface area contributed by atoms with Gasteiger partial charge >= 0.3 is 0 Å². The first-order chi connectivity index (χ1) is 17.5. The second-order valence-corrected chi connectivity index (χ2v) is 9.17. The van der Waals surface area contributed by atoms with E-state index >= 15 is 0 Å². The molecule has 0 saturated carbocycles. The van der Waals surface area contributed by atoms with Crippen molar-refractivity contribution in [2.45, 2.75) is 31.1 Å². The Bertz CT molecular complexity index is 1430. The van der Waals surface area contributed by atoms with Crippen LogP contribution in [0.4, 0.5) is 0 Å². The average molecular weight is 505 g/mol. The predicted molar refractivity (Wildman–Crippen MR) is 137 cm³/mol. The van der Waals surface area contributed by atoms with Gasteiger partial charge in [-0.3, -0.25) is 0 Å². The normalized spacial score (nSPS) is 13.6. The van der Waals surface area contributed by atoms with Crippen LogP contribution in [0.3, 0.4) is 0 Å². The second kappa shape index (κ2) is 10.1. The van der Waals surface area contributed by atoms with Crippen LogP contribution in [0.25, 0.3) is 0 Å². The molecule has 0 fully saturated rings. The van der Waals surface area contributed by atoms with Crippen molar-refractivity contribution in [3.8, 4) is 46.0 Å². The fraction of sp³-hybridized carbons (Fsp3) is 0.172. The summed E-state index contributed by atoms with van der Waals surface area (Å²) in [6.07, 6.45) is 0.124. The average Bonchev–Trinajstić information content (AvgIpc) is 2.81. The van der Waals surface area contributed by atoms with Crippen molar-refractivity contribution in [1.82, 2.24) is 0 Å². The zero-order chi connectivity index (χ0) is 26.9. The Hall–Kier alpha value is -4.72. The number of benzene rings is 4. The molecule has 3 atom stereocenters. The Morgan fingerprint density at radius 3 is 1.35 bits per heavy atom. The summed E-state index contributed by atoms with van der Waals surface area (Å²) in [7, 11) is 0. The lowest BCUT2D eigenvalue weighted by atomic mass is 9.69. The first kappa shape index (κ1) is 25.4. The number of phenolic OH excluding ortho intramolecular Hbond substituents is 8. The molecule has 0 saturated heterocycles. The zero-order valence-corrected chi connectivity index (χ0v) is 19.9. The summed E-state index contributed by atoms with van der Waals surface area (Å²) in [5.41, 5.74) is 1.69. The first-order valence-corrected chi connectivity index (χ1v) is 11.6. The van der Waals surface area contributed by atoms with Gasteiger partial charge in [-0.15, -0.1) is 0 Å². The van der Waals surface area contributed by atoms with Gasteiger partial charge in [0, 0.05) is 30.2 Å². The van der Waals surface area contributed by atoms with Crippen LogP contribution in [0.15, 0.2) is 72.8 Å². The fourth-order valence-electron chi connectivity index (χ4n) is 5.00.